The second-order valence-corrected chi connectivity index (χ2v) is 5.99. The first-order valence-corrected chi connectivity index (χ1v) is 7.92. The van der Waals surface area contributed by atoms with Gasteiger partial charge in [-0.25, -0.2) is 0 Å². The van der Waals surface area contributed by atoms with E-state index in [-0.39, 0.29) is 0 Å². The van der Waals surface area contributed by atoms with Crippen molar-refractivity contribution in [2.24, 2.45) is 5.92 Å². The van der Waals surface area contributed by atoms with E-state index < -0.39 is 6.10 Å². The van der Waals surface area contributed by atoms with Gasteiger partial charge in [0.05, 0.1) is 25.4 Å². The van der Waals surface area contributed by atoms with E-state index in [4.69, 9.17) is 9.57 Å². The topological polar surface area (TPSA) is 50.7 Å². The zero-order chi connectivity index (χ0) is 14.9. The molecule has 4 nitrogen and oxygen atoms in total. The quantitative estimate of drug-likeness (QED) is 0.571. The molecule has 1 aromatic rings. The summed E-state index contributed by atoms with van der Waals surface area (Å²) in [5.41, 5.74) is 3.90. The number of rotatable bonds is 8. The van der Waals surface area contributed by atoms with Gasteiger partial charge in [0.15, 0.2) is 0 Å². The largest absolute Gasteiger partial charge is 0.389 e. The summed E-state index contributed by atoms with van der Waals surface area (Å²) < 4.78 is 5.76. The van der Waals surface area contributed by atoms with E-state index in [2.05, 4.69) is 12.4 Å². The fraction of sp³-hybridized carbons (Fsp3) is 0.647. The Bertz CT molecular complexity index is 377. The smallest absolute Gasteiger partial charge is 0.0933 e. The van der Waals surface area contributed by atoms with E-state index >= 15 is 0 Å². The summed E-state index contributed by atoms with van der Waals surface area (Å²) in [6, 6.07) is 9.94. The third-order valence-corrected chi connectivity index (χ3v) is 3.99. The van der Waals surface area contributed by atoms with Gasteiger partial charge in [-0.2, -0.15) is 5.48 Å². The third-order valence-electron chi connectivity index (χ3n) is 3.99. The van der Waals surface area contributed by atoms with Crippen LogP contribution in [0.2, 0.25) is 0 Å². The maximum absolute atomic E-state index is 9.86. The first-order chi connectivity index (χ1) is 10.2. The van der Waals surface area contributed by atoms with E-state index in [1.807, 2.05) is 30.3 Å². The minimum absolute atomic E-state index is 0.320. The molecule has 2 N–H and O–H groups in total. The van der Waals surface area contributed by atoms with Crippen LogP contribution in [0.5, 0.6) is 0 Å². The molecule has 4 heteroatoms. The lowest BCUT2D eigenvalue weighted by Crippen LogP contribution is -2.33. The molecule has 1 unspecified atom stereocenters. The SMILES string of the molecule is CC1CCC(OCC(O)CNOCc2ccccc2)CC1. The van der Waals surface area contributed by atoms with E-state index in [0.717, 1.165) is 24.3 Å². The fourth-order valence-electron chi connectivity index (χ4n) is 2.57. The number of benzene rings is 1. The summed E-state index contributed by atoms with van der Waals surface area (Å²) in [5.74, 6) is 0.822. The van der Waals surface area contributed by atoms with Crippen LogP contribution in [0.25, 0.3) is 0 Å². The minimum atomic E-state index is -0.528. The molecule has 1 atom stereocenters. The number of hydrogen-bond donors (Lipinski definition) is 2. The number of nitrogens with one attached hydrogen (secondary N) is 1. The average Bonchev–Trinajstić information content (AvgIpc) is 2.52. The van der Waals surface area contributed by atoms with Crippen LogP contribution in [-0.4, -0.2) is 30.5 Å². The Morgan fingerprint density at radius 3 is 2.62 bits per heavy atom. The lowest BCUT2D eigenvalue weighted by atomic mass is 9.89. The molecule has 0 aromatic heterocycles. The minimum Gasteiger partial charge on any atom is -0.389 e. The molecule has 0 spiro atoms. The van der Waals surface area contributed by atoms with Crippen LogP contribution in [0.4, 0.5) is 0 Å². The summed E-state index contributed by atoms with van der Waals surface area (Å²) in [7, 11) is 0. The van der Waals surface area contributed by atoms with Crippen molar-refractivity contribution in [1.82, 2.24) is 5.48 Å². The van der Waals surface area contributed by atoms with Crippen molar-refractivity contribution in [1.29, 1.82) is 0 Å². The molecule has 1 aliphatic carbocycles. The van der Waals surface area contributed by atoms with Gasteiger partial charge < -0.3 is 9.84 Å². The molecule has 0 heterocycles. The molecule has 1 aliphatic rings. The molecule has 0 bridgehead atoms. The van der Waals surface area contributed by atoms with Crippen LogP contribution in [-0.2, 0) is 16.2 Å². The molecule has 1 saturated carbocycles. The first kappa shape index (κ1) is 16.4. The molecule has 0 amide bonds. The summed E-state index contributed by atoms with van der Waals surface area (Å²) >= 11 is 0. The Balaban J connectivity index is 1.50. The lowest BCUT2D eigenvalue weighted by Gasteiger charge is -2.27. The maximum atomic E-state index is 9.86. The zero-order valence-electron chi connectivity index (χ0n) is 12.8. The molecule has 2 rings (SSSR count). The van der Waals surface area contributed by atoms with E-state index in [9.17, 15) is 5.11 Å². The number of aliphatic hydroxyl groups excluding tert-OH is 1. The Hall–Kier alpha value is -0.940. The Labute approximate surface area is 127 Å². The molecule has 0 saturated heterocycles. The Morgan fingerprint density at radius 1 is 1.19 bits per heavy atom. The Kier molecular flexibility index (Phi) is 7.16. The lowest BCUT2D eigenvalue weighted by molar-refractivity contribution is -0.0503. The van der Waals surface area contributed by atoms with Crippen LogP contribution in [0, 0.1) is 5.92 Å². The van der Waals surface area contributed by atoms with Gasteiger partial charge in [0, 0.05) is 6.54 Å². The summed E-state index contributed by atoms with van der Waals surface area (Å²) in [6.45, 7) is 3.55. The highest BCUT2D eigenvalue weighted by Crippen LogP contribution is 2.25. The highest BCUT2D eigenvalue weighted by Gasteiger charge is 2.19. The predicted molar refractivity (Wildman–Crippen MR) is 82.6 cm³/mol. The Morgan fingerprint density at radius 2 is 1.90 bits per heavy atom. The van der Waals surface area contributed by atoms with Gasteiger partial charge in [0.2, 0.25) is 0 Å². The molecule has 0 aliphatic heterocycles. The van der Waals surface area contributed by atoms with Crippen molar-refractivity contribution in [3.8, 4) is 0 Å². The van der Waals surface area contributed by atoms with Gasteiger partial charge in [0.25, 0.3) is 0 Å². The van der Waals surface area contributed by atoms with E-state index in [0.29, 0.717) is 25.9 Å². The van der Waals surface area contributed by atoms with Gasteiger partial charge in [-0.1, -0.05) is 37.3 Å². The second-order valence-electron chi connectivity index (χ2n) is 5.99. The number of hydrogen-bond acceptors (Lipinski definition) is 4. The summed E-state index contributed by atoms with van der Waals surface area (Å²) in [4.78, 5) is 5.33. The van der Waals surface area contributed by atoms with Crippen LogP contribution in [0.1, 0.15) is 38.2 Å². The van der Waals surface area contributed by atoms with Gasteiger partial charge >= 0.3 is 0 Å². The molecule has 0 radical (unpaired) electrons. The summed E-state index contributed by atoms with van der Waals surface area (Å²) in [6.07, 6.45) is 4.50. The van der Waals surface area contributed by atoms with Crippen LogP contribution >= 0.6 is 0 Å². The first-order valence-electron chi connectivity index (χ1n) is 7.92. The molecule has 21 heavy (non-hydrogen) atoms. The van der Waals surface area contributed by atoms with Gasteiger partial charge in [-0.05, 0) is 37.2 Å². The normalized spacial score (nSPS) is 23.9. The number of ether oxygens (including phenoxy) is 1. The van der Waals surface area contributed by atoms with Crippen molar-refractivity contribution in [2.45, 2.75) is 51.4 Å². The molecular formula is C17H27NO3. The highest BCUT2D eigenvalue weighted by molar-refractivity contribution is 5.13. The second kappa shape index (κ2) is 9.15. The van der Waals surface area contributed by atoms with E-state index in [1.165, 1.54) is 12.8 Å². The number of hydroxylamine groups is 1. The fourth-order valence-corrected chi connectivity index (χ4v) is 2.57. The summed E-state index contributed by atoms with van der Waals surface area (Å²) in [5, 5.41) is 9.86. The molecule has 1 aromatic carbocycles. The highest BCUT2D eigenvalue weighted by atomic mass is 16.6. The molecular weight excluding hydrogens is 266 g/mol. The van der Waals surface area contributed by atoms with Crippen molar-refractivity contribution < 1.29 is 14.7 Å². The van der Waals surface area contributed by atoms with Gasteiger partial charge in [0.1, 0.15) is 0 Å². The van der Waals surface area contributed by atoms with Crippen LogP contribution in [0.3, 0.4) is 0 Å². The average molecular weight is 293 g/mol. The van der Waals surface area contributed by atoms with Gasteiger partial charge in [-0.15, -0.1) is 0 Å². The third kappa shape index (κ3) is 6.57. The zero-order valence-corrected chi connectivity index (χ0v) is 12.8. The van der Waals surface area contributed by atoms with Gasteiger partial charge in [-0.3, -0.25) is 4.84 Å². The molecule has 1 fully saturated rings. The van der Waals surface area contributed by atoms with Crippen LogP contribution < -0.4 is 5.48 Å². The number of aliphatic hydroxyl groups is 1. The van der Waals surface area contributed by atoms with Crippen molar-refractivity contribution in [2.75, 3.05) is 13.2 Å². The standard InChI is InChI=1S/C17H27NO3/c1-14-7-9-17(10-8-14)20-13-16(19)11-18-21-12-15-5-3-2-4-6-15/h2-6,14,16-19H,7-13H2,1H3. The van der Waals surface area contributed by atoms with Crippen molar-refractivity contribution >= 4 is 0 Å². The maximum Gasteiger partial charge on any atom is 0.0933 e. The van der Waals surface area contributed by atoms with E-state index in [1.54, 1.807) is 0 Å². The monoisotopic (exact) mass is 293 g/mol. The predicted octanol–water partition coefficient (Wildman–Crippen LogP) is 2.66. The van der Waals surface area contributed by atoms with Crippen LogP contribution in [0.15, 0.2) is 30.3 Å². The van der Waals surface area contributed by atoms with Crippen molar-refractivity contribution in [3.63, 3.8) is 0 Å². The van der Waals surface area contributed by atoms with Crippen molar-refractivity contribution in [3.05, 3.63) is 35.9 Å². The molecule has 118 valence electrons.